The third-order valence-electron chi connectivity index (χ3n) is 3.57. The molecule has 0 atom stereocenters. The van der Waals surface area contributed by atoms with E-state index in [9.17, 15) is 0 Å². The summed E-state index contributed by atoms with van der Waals surface area (Å²) in [7, 11) is 2.18. The van der Waals surface area contributed by atoms with E-state index in [4.69, 9.17) is 0 Å². The van der Waals surface area contributed by atoms with Crippen LogP contribution in [-0.4, -0.2) is 13.6 Å². The molecule has 0 aromatic heterocycles. The van der Waals surface area contributed by atoms with Gasteiger partial charge in [0.05, 0.1) is 0 Å². The van der Waals surface area contributed by atoms with Gasteiger partial charge in [0.1, 0.15) is 0 Å². The number of hydrogen-bond donors (Lipinski definition) is 0. The molecule has 1 aromatic rings. The van der Waals surface area contributed by atoms with Gasteiger partial charge in [0.25, 0.3) is 0 Å². The van der Waals surface area contributed by atoms with Gasteiger partial charge >= 0.3 is 0 Å². The third kappa shape index (κ3) is 4.74. The maximum Gasteiger partial charge on any atom is 0.0396 e. The van der Waals surface area contributed by atoms with Crippen LogP contribution in [0.3, 0.4) is 0 Å². The van der Waals surface area contributed by atoms with E-state index in [-0.39, 0.29) is 0 Å². The van der Waals surface area contributed by atoms with E-state index in [1.807, 2.05) is 0 Å². The van der Waals surface area contributed by atoms with Crippen LogP contribution >= 0.6 is 0 Å². The Labute approximate surface area is 119 Å². The second kappa shape index (κ2) is 6.79. The van der Waals surface area contributed by atoms with E-state index in [1.165, 1.54) is 22.4 Å². The van der Waals surface area contributed by atoms with Crippen LogP contribution in [0.1, 0.15) is 38.8 Å². The molecule has 0 unspecified atom stereocenters. The quantitative estimate of drug-likeness (QED) is 0.661. The SMILES string of the molecule is C=C(Cc1ccc(C)c(N(C)CC(C)C)c1)C(C)C. The van der Waals surface area contributed by atoms with Crippen molar-refractivity contribution in [3.63, 3.8) is 0 Å². The molecule has 0 radical (unpaired) electrons. The zero-order valence-electron chi connectivity index (χ0n) is 13.5. The molecule has 1 rings (SSSR count). The highest BCUT2D eigenvalue weighted by Crippen LogP contribution is 2.24. The van der Waals surface area contributed by atoms with Crippen LogP contribution in [0.5, 0.6) is 0 Å². The predicted molar refractivity (Wildman–Crippen MR) is 87.0 cm³/mol. The monoisotopic (exact) mass is 259 g/mol. The van der Waals surface area contributed by atoms with Crippen LogP contribution in [-0.2, 0) is 6.42 Å². The van der Waals surface area contributed by atoms with Gasteiger partial charge in [-0.05, 0) is 42.4 Å². The van der Waals surface area contributed by atoms with Crippen molar-refractivity contribution < 1.29 is 0 Å². The first-order chi connectivity index (χ1) is 8.81. The van der Waals surface area contributed by atoms with Gasteiger partial charge in [0.15, 0.2) is 0 Å². The van der Waals surface area contributed by atoms with Crippen molar-refractivity contribution in [2.45, 2.75) is 41.0 Å². The fraction of sp³-hybridized carbons (Fsp3) is 0.556. The number of benzene rings is 1. The maximum absolute atomic E-state index is 4.18. The highest BCUT2D eigenvalue weighted by atomic mass is 15.1. The lowest BCUT2D eigenvalue weighted by Crippen LogP contribution is -2.23. The van der Waals surface area contributed by atoms with Gasteiger partial charge < -0.3 is 4.90 Å². The zero-order chi connectivity index (χ0) is 14.6. The number of aryl methyl sites for hydroxylation is 1. The maximum atomic E-state index is 4.18. The molecular weight excluding hydrogens is 230 g/mol. The van der Waals surface area contributed by atoms with Crippen molar-refractivity contribution in [3.8, 4) is 0 Å². The molecule has 0 spiro atoms. The van der Waals surface area contributed by atoms with Crippen molar-refractivity contribution in [3.05, 3.63) is 41.5 Å². The van der Waals surface area contributed by atoms with Gasteiger partial charge in [-0.2, -0.15) is 0 Å². The molecule has 0 aliphatic rings. The van der Waals surface area contributed by atoms with Crippen molar-refractivity contribution in [2.75, 3.05) is 18.5 Å². The predicted octanol–water partition coefficient (Wildman–Crippen LogP) is 4.84. The molecule has 0 saturated carbocycles. The molecular formula is C18H29N. The Morgan fingerprint density at radius 1 is 1.21 bits per heavy atom. The summed E-state index contributed by atoms with van der Waals surface area (Å²) in [6, 6.07) is 6.79. The Balaban J connectivity index is 2.91. The molecule has 0 N–H and O–H groups in total. The van der Waals surface area contributed by atoms with Crippen LogP contribution in [0.4, 0.5) is 5.69 Å². The van der Waals surface area contributed by atoms with Crippen LogP contribution in [0.15, 0.2) is 30.4 Å². The van der Waals surface area contributed by atoms with E-state index in [0.717, 1.165) is 13.0 Å². The minimum absolute atomic E-state index is 0.554. The fourth-order valence-corrected chi connectivity index (χ4v) is 2.29. The molecule has 1 heteroatoms. The van der Waals surface area contributed by atoms with Crippen LogP contribution < -0.4 is 4.90 Å². The smallest absolute Gasteiger partial charge is 0.0396 e. The van der Waals surface area contributed by atoms with E-state index in [1.54, 1.807) is 0 Å². The Morgan fingerprint density at radius 2 is 1.84 bits per heavy atom. The molecule has 0 saturated heterocycles. The van der Waals surface area contributed by atoms with Crippen LogP contribution in [0.25, 0.3) is 0 Å². The van der Waals surface area contributed by atoms with E-state index >= 15 is 0 Å². The highest BCUT2D eigenvalue weighted by Gasteiger charge is 2.09. The lowest BCUT2D eigenvalue weighted by Gasteiger charge is -2.24. The summed E-state index contributed by atoms with van der Waals surface area (Å²) < 4.78 is 0. The highest BCUT2D eigenvalue weighted by molar-refractivity contribution is 5.55. The summed E-state index contributed by atoms with van der Waals surface area (Å²) >= 11 is 0. The largest absolute Gasteiger partial charge is 0.374 e. The van der Waals surface area contributed by atoms with Crippen LogP contribution in [0, 0.1) is 18.8 Å². The number of allylic oxidation sites excluding steroid dienone is 1. The van der Waals surface area contributed by atoms with Crippen molar-refractivity contribution in [1.82, 2.24) is 0 Å². The number of anilines is 1. The summed E-state index contributed by atoms with van der Waals surface area (Å²) in [5.74, 6) is 1.23. The van der Waals surface area contributed by atoms with Gasteiger partial charge in [0.2, 0.25) is 0 Å². The molecule has 0 fully saturated rings. The first-order valence-corrected chi connectivity index (χ1v) is 7.29. The Bertz CT molecular complexity index is 429. The Kier molecular flexibility index (Phi) is 5.65. The van der Waals surface area contributed by atoms with Gasteiger partial charge in [-0.3, -0.25) is 0 Å². The zero-order valence-corrected chi connectivity index (χ0v) is 13.5. The summed E-state index contributed by atoms with van der Waals surface area (Å²) in [6.45, 7) is 16.4. The second-order valence-corrected chi connectivity index (χ2v) is 6.38. The molecule has 106 valence electrons. The number of nitrogens with zero attached hydrogens (tertiary/aromatic N) is 1. The molecule has 19 heavy (non-hydrogen) atoms. The van der Waals surface area contributed by atoms with Crippen molar-refractivity contribution in [2.24, 2.45) is 11.8 Å². The lowest BCUT2D eigenvalue weighted by atomic mass is 9.96. The summed E-state index contributed by atoms with van der Waals surface area (Å²) in [5, 5.41) is 0. The van der Waals surface area contributed by atoms with Crippen LogP contribution in [0.2, 0.25) is 0 Å². The normalized spacial score (nSPS) is 11.2. The standard InChI is InChI=1S/C18H29N/c1-13(2)12-19(7)18-11-17(9-8-15(18)5)10-16(6)14(3)4/h8-9,11,13-14H,6,10,12H2,1-5,7H3. The van der Waals surface area contributed by atoms with Gasteiger partial charge in [-0.15, -0.1) is 0 Å². The first kappa shape index (κ1) is 15.8. The molecule has 1 nitrogen and oxygen atoms in total. The molecule has 0 heterocycles. The first-order valence-electron chi connectivity index (χ1n) is 7.29. The second-order valence-electron chi connectivity index (χ2n) is 6.38. The average Bonchev–Trinajstić information content (AvgIpc) is 2.30. The summed E-state index contributed by atoms with van der Waals surface area (Å²) in [5.41, 5.74) is 5.38. The topological polar surface area (TPSA) is 3.24 Å². The molecule has 0 bridgehead atoms. The average molecular weight is 259 g/mol. The van der Waals surface area contributed by atoms with Crippen molar-refractivity contribution in [1.29, 1.82) is 0 Å². The Hall–Kier alpha value is -1.24. The minimum Gasteiger partial charge on any atom is -0.374 e. The molecule has 0 aliphatic heterocycles. The third-order valence-corrected chi connectivity index (χ3v) is 3.57. The van der Waals surface area contributed by atoms with E-state index in [2.05, 4.69) is 71.3 Å². The Morgan fingerprint density at radius 3 is 2.37 bits per heavy atom. The minimum atomic E-state index is 0.554. The van der Waals surface area contributed by atoms with Crippen molar-refractivity contribution >= 4 is 5.69 Å². The lowest BCUT2D eigenvalue weighted by molar-refractivity contribution is 0.637. The molecule has 1 aromatic carbocycles. The van der Waals surface area contributed by atoms with Gasteiger partial charge in [-0.25, -0.2) is 0 Å². The molecule has 0 aliphatic carbocycles. The fourth-order valence-electron chi connectivity index (χ4n) is 2.29. The number of rotatable bonds is 6. The van der Waals surface area contributed by atoms with Gasteiger partial charge in [0, 0.05) is 19.3 Å². The van der Waals surface area contributed by atoms with Gasteiger partial charge in [-0.1, -0.05) is 52.0 Å². The summed E-state index contributed by atoms with van der Waals surface area (Å²) in [6.07, 6.45) is 0.987. The van der Waals surface area contributed by atoms with E-state index < -0.39 is 0 Å². The molecule has 0 amide bonds. The summed E-state index contributed by atoms with van der Waals surface area (Å²) in [4.78, 5) is 2.36. The van der Waals surface area contributed by atoms with E-state index in [0.29, 0.717) is 11.8 Å². The number of hydrogen-bond acceptors (Lipinski definition) is 1.